The molecule has 0 bridgehead atoms. The van der Waals surface area contributed by atoms with E-state index in [4.69, 9.17) is 0 Å². The smallest absolute Gasteiger partial charge is 0.291 e. The molecule has 1 fully saturated rings. The van der Waals surface area contributed by atoms with Gasteiger partial charge in [-0.1, -0.05) is 19.8 Å². The molecule has 0 unspecified atom stereocenters. The van der Waals surface area contributed by atoms with Gasteiger partial charge in [0.15, 0.2) is 0 Å². The maximum Gasteiger partial charge on any atom is 0.291 e. The molecular formula is C14H25N5O. The van der Waals surface area contributed by atoms with E-state index < -0.39 is 0 Å². The van der Waals surface area contributed by atoms with E-state index in [0.717, 1.165) is 25.2 Å². The van der Waals surface area contributed by atoms with Crippen LogP contribution in [0.2, 0.25) is 0 Å². The van der Waals surface area contributed by atoms with Crippen molar-refractivity contribution >= 4 is 5.91 Å². The molecule has 1 aromatic heterocycles. The normalized spacial score (nSPS) is 15.9. The Hall–Kier alpha value is -1.43. The summed E-state index contributed by atoms with van der Waals surface area (Å²) in [6, 6.07) is 0.687. The number of H-pyrrole nitrogens is 1. The number of aromatic amines is 1. The minimum absolute atomic E-state index is 0.191. The number of nitrogens with one attached hydrogen (secondary N) is 2. The minimum atomic E-state index is -0.191. The molecule has 2 N–H and O–H groups in total. The van der Waals surface area contributed by atoms with Gasteiger partial charge in [0.1, 0.15) is 5.82 Å². The highest BCUT2D eigenvalue weighted by Gasteiger charge is 2.19. The van der Waals surface area contributed by atoms with E-state index in [0.29, 0.717) is 12.6 Å². The molecule has 0 radical (unpaired) electrons. The van der Waals surface area contributed by atoms with Crippen LogP contribution in [0, 0.1) is 0 Å². The Bertz CT molecular complexity index is 425. The Balaban J connectivity index is 1.71. The van der Waals surface area contributed by atoms with Crippen LogP contribution in [0.1, 0.15) is 55.5 Å². The van der Waals surface area contributed by atoms with Crippen LogP contribution in [-0.2, 0) is 6.42 Å². The standard InChI is InChI=1S/C14H25N5O/c1-3-6-12-16-13(18-17-12)14(20)15-9-10-19(2)11-7-4-5-8-11/h11H,3-10H2,1-2H3,(H,15,20)(H,16,17,18). The first-order valence-electron chi connectivity index (χ1n) is 7.60. The van der Waals surface area contributed by atoms with Gasteiger partial charge in [0.25, 0.3) is 5.91 Å². The summed E-state index contributed by atoms with van der Waals surface area (Å²) < 4.78 is 0. The van der Waals surface area contributed by atoms with E-state index in [1.165, 1.54) is 25.7 Å². The van der Waals surface area contributed by atoms with E-state index in [-0.39, 0.29) is 11.7 Å². The van der Waals surface area contributed by atoms with Crippen molar-refractivity contribution in [3.8, 4) is 0 Å². The molecule has 1 aliphatic carbocycles. The maximum atomic E-state index is 11.9. The highest BCUT2D eigenvalue weighted by molar-refractivity contribution is 5.90. The maximum absolute atomic E-state index is 11.9. The van der Waals surface area contributed by atoms with Gasteiger partial charge in [0.2, 0.25) is 5.82 Å². The predicted molar refractivity (Wildman–Crippen MR) is 77.6 cm³/mol. The molecule has 1 heterocycles. The van der Waals surface area contributed by atoms with Gasteiger partial charge in [-0.2, -0.15) is 0 Å². The first-order chi connectivity index (χ1) is 9.70. The Labute approximate surface area is 120 Å². The van der Waals surface area contributed by atoms with Crippen molar-refractivity contribution in [1.82, 2.24) is 25.4 Å². The lowest BCUT2D eigenvalue weighted by atomic mass is 10.2. The molecule has 0 spiro atoms. The van der Waals surface area contributed by atoms with Crippen LogP contribution in [-0.4, -0.2) is 52.2 Å². The lowest BCUT2D eigenvalue weighted by Crippen LogP contribution is -2.37. The number of carbonyl (C=O) groups excluding carboxylic acids is 1. The van der Waals surface area contributed by atoms with Crippen molar-refractivity contribution in [1.29, 1.82) is 0 Å². The van der Waals surface area contributed by atoms with Crippen molar-refractivity contribution in [2.24, 2.45) is 0 Å². The van der Waals surface area contributed by atoms with Gasteiger partial charge in [-0.15, -0.1) is 5.10 Å². The van der Waals surface area contributed by atoms with E-state index in [9.17, 15) is 4.79 Å². The fourth-order valence-corrected chi connectivity index (χ4v) is 2.70. The summed E-state index contributed by atoms with van der Waals surface area (Å²) in [7, 11) is 2.13. The molecule has 0 atom stereocenters. The van der Waals surface area contributed by atoms with Gasteiger partial charge in [0, 0.05) is 25.6 Å². The topological polar surface area (TPSA) is 73.9 Å². The molecule has 1 aromatic rings. The van der Waals surface area contributed by atoms with Crippen LogP contribution < -0.4 is 5.32 Å². The van der Waals surface area contributed by atoms with Crippen molar-refractivity contribution in [3.05, 3.63) is 11.6 Å². The summed E-state index contributed by atoms with van der Waals surface area (Å²) in [5.41, 5.74) is 0. The summed E-state index contributed by atoms with van der Waals surface area (Å²) in [4.78, 5) is 18.4. The van der Waals surface area contributed by atoms with Crippen LogP contribution in [0.4, 0.5) is 0 Å². The van der Waals surface area contributed by atoms with Crippen molar-refractivity contribution in [3.63, 3.8) is 0 Å². The predicted octanol–water partition coefficient (Wildman–Crippen LogP) is 1.36. The average Bonchev–Trinajstić information content (AvgIpc) is 3.10. The fraction of sp³-hybridized carbons (Fsp3) is 0.786. The second kappa shape index (κ2) is 7.38. The summed E-state index contributed by atoms with van der Waals surface area (Å²) in [5, 5.41) is 9.63. The van der Waals surface area contributed by atoms with Gasteiger partial charge in [0.05, 0.1) is 0 Å². The molecule has 112 valence electrons. The lowest BCUT2D eigenvalue weighted by molar-refractivity contribution is 0.0937. The molecule has 0 saturated heterocycles. The molecule has 1 saturated carbocycles. The number of hydrogen-bond acceptors (Lipinski definition) is 4. The Morgan fingerprint density at radius 2 is 2.20 bits per heavy atom. The van der Waals surface area contributed by atoms with E-state index in [1.54, 1.807) is 0 Å². The number of amides is 1. The molecule has 1 amide bonds. The molecule has 1 aliphatic rings. The monoisotopic (exact) mass is 279 g/mol. The van der Waals surface area contributed by atoms with Crippen molar-refractivity contribution in [2.45, 2.75) is 51.5 Å². The number of aromatic nitrogens is 3. The SMILES string of the molecule is CCCc1nc(C(=O)NCCN(C)C2CCCC2)n[nH]1. The van der Waals surface area contributed by atoms with Gasteiger partial charge >= 0.3 is 0 Å². The third-order valence-electron chi connectivity index (χ3n) is 3.92. The summed E-state index contributed by atoms with van der Waals surface area (Å²) in [6.07, 6.45) is 7.04. The van der Waals surface area contributed by atoms with Crippen LogP contribution in [0.25, 0.3) is 0 Å². The van der Waals surface area contributed by atoms with Crippen LogP contribution >= 0.6 is 0 Å². The molecule has 0 aliphatic heterocycles. The Kier molecular flexibility index (Phi) is 5.52. The molecular weight excluding hydrogens is 254 g/mol. The first-order valence-corrected chi connectivity index (χ1v) is 7.60. The van der Waals surface area contributed by atoms with Crippen LogP contribution in [0.5, 0.6) is 0 Å². The Morgan fingerprint density at radius 3 is 2.90 bits per heavy atom. The van der Waals surface area contributed by atoms with Crippen LogP contribution in [0.3, 0.4) is 0 Å². The number of likely N-dealkylation sites (N-methyl/N-ethyl adjacent to an activating group) is 1. The third kappa shape index (κ3) is 4.03. The Morgan fingerprint density at radius 1 is 1.45 bits per heavy atom. The van der Waals surface area contributed by atoms with Crippen molar-refractivity contribution < 1.29 is 4.79 Å². The minimum Gasteiger partial charge on any atom is -0.348 e. The number of aryl methyl sites for hydroxylation is 1. The first kappa shape index (κ1) is 15.0. The zero-order valence-electron chi connectivity index (χ0n) is 12.5. The lowest BCUT2D eigenvalue weighted by Gasteiger charge is -2.23. The highest BCUT2D eigenvalue weighted by atomic mass is 16.2. The van der Waals surface area contributed by atoms with E-state index in [1.807, 2.05) is 0 Å². The second-order valence-corrected chi connectivity index (χ2v) is 5.53. The van der Waals surface area contributed by atoms with E-state index in [2.05, 4.69) is 39.4 Å². The number of hydrogen-bond donors (Lipinski definition) is 2. The zero-order valence-corrected chi connectivity index (χ0v) is 12.5. The fourth-order valence-electron chi connectivity index (χ4n) is 2.70. The van der Waals surface area contributed by atoms with Gasteiger partial charge in [-0.25, -0.2) is 4.98 Å². The largest absolute Gasteiger partial charge is 0.348 e. The second-order valence-electron chi connectivity index (χ2n) is 5.53. The number of nitrogens with zero attached hydrogens (tertiary/aromatic N) is 3. The average molecular weight is 279 g/mol. The number of carbonyl (C=O) groups is 1. The zero-order chi connectivity index (χ0) is 14.4. The molecule has 20 heavy (non-hydrogen) atoms. The summed E-state index contributed by atoms with van der Waals surface area (Å²) >= 11 is 0. The highest BCUT2D eigenvalue weighted by Crippen LogP contribution is 2.21. The third-order valence-corrected chi connectivity index (χ3v) is 3.92. The van der Waals surface area contributed by atoms with E-state index >= 15 is 0 Å². The van der Waals surface area contributed by atoms with Crippen molar-refractivity contribution in [2.75, 3.05) is 20.1 Å². The molecule has 0 aromatic carbocycles. The molecule has 2 rings (SSSR count). The van der Waals surface area contributed by atoms with Crippen LogP contribution in [0.15, 0.2) is 0 Å². The quantitative estimate of drug-likeness (QED) is 0.790. The van der Waals surface area contributed by atoms with Gasteiger partial charge < -0.3 is 10.2 Å². The molecule has 6 heteroatoms. The molecule has 6 nitrogen and oxygen atoms in total. The van der Waals surface area contributed by atoms with Gasteiger partial charge in [-0.05, 0) is 26.3 Å². The summed E-state index contributed by atoms with van der Waals surface area (Å²) in [6.45, 7) is 3.59. The summed E-state index contributed by atoms with van der Waals surface area (Å²) in [5.74, 6) is 0.834. The van der Waals surface area contributed by atoms with Gasteiger partial charge in [-0.3, -0.25) is 9.89 Å². The number of rotatable bonds is 7.